The highest BCUT2D eigenvalue weighted by atomic mass is 35.5. The van der Waals surface area contributed by atoms with E-state index in [2.05, 4.69) is 4.90 Å². The molecule has 0 bridgehead atoms. The molecule has 27 heavy (non-hydrogen) atoms. The summed E-state index contributed by atoms with van der Waals surface area (Å²) >= 11 is 12.7. The van der Waals surface area contributed by atoms with E-state index in [0.717, 1.165) is 49.0 Å². The Balaban J connectivity index is 1.72. The fourth-order valence-electron chi connectivity index (χ4n) is 4.26. The average Bonchev–Trinajstić information content (AvgIpc) is 2.97. The van der Waals surface area contributed by atoms with E-state index >= 15 is 0 Å². The molecule has 4 rings (SSSR count). The van der Waals surface area contributed by atoms with Crippen LogP contribution in [0.4, 0.5) is 4.39 Å². The Hall–Kier alpha value is -1.33. The van der Waals surface area contributed by atoms with Gasteiger partial charge in [0.2, 0.25) is 0 Å². The normalized spacial score (nSPS) is 25.4. The molecule has 1 aliphatic heterocycles. The van der Waals surface area contributed by atoms with Gasteiger partial charge in [-0.15, -0.1) is 0 Å². The molecule has 2 aliphatic rings. The Morgan fingerprint density at radius 2 is 2.04 bits per heavy atom. The predicted molar refractivity (Wildman–Crippen MR) is 107 cm³/mol. The first-order chi connectivity index (χ1) is 12.9. The van der Waals surface area contributed by atoms with Gasteiger partial charge >= 0.3 is 0 Å². The van der Waals surface area contributed by atoms with E-state index in [1.165, 1.54) is 6.07 Å². The molecule has 0 amide bonds. The highest BCUT2D eigenvalue weighted by Crippen LogP contribution is 2.43. The van der Waals surface area contributed by atoms with Gasteiger partial charge in [0.25, 0.3) is 0 Å². The van der Waals surface area contributed by atoms with Crippen LogP contribution >= 0.6 is 23.2 Å². The molecule has 2 N–H and O–H groups in total. The first-order valence-electron chi connectivity index (χ1n) is 9.32. The number of benzene rings is 2. The van der Waals surface area contributed by atoms with Gasteiger partial charge in [-0.25, -0.2) is 4.39 Å². The standard InChI is InChI=1S/C21H23Cl2FN2O/c1-12-4-5-18(24)20(7-12)27-21-16-8-13(22)9-17(23)15(16)10-19(21)26-6-2-3-14(25)11-26/h4-5,7-9,14,19,21H,2-3,6,10-11,25H2,1H3/t14-,19+,21+/m1/s1. The molecule has 1 fully saturated rings. The van der Waals surface area contributed by atoms with E-state index in [1.54, 1.807) is 18.2 Å². The first kappa shape index (κ1) is 19.0. The maximum atomic E-state index is 14.4. The summed E-state index contributed by atoms with van der Waals surface area (Å²) in [4.78, 5) is 2.36. The highest BCUT2D eigenvalue weighted by Gasteiger charge is 2.41. The molecule has 1 aliphatic carbocycles. The molecule has 0 aromatic heterocycles. The lowest BCUT2D eigenvalue weighted by molar-refractivity contribution is 0.0570. The van der Waals surface area contributed by atoms with Gasteiger partial charge in [-0.05, 0) is 68.1 Å². The van der Waals surface area contributed by atoms with Gasteiger partial charge in [0.15, 0.2) is 11.6 Å². The van der Waals surface area contributed by atoms with Crippen LogP contribution in [0.1, 0.15) is 35.6 Å². The van der Waals surface area contributed by atoms with E-state index in [9.17, 15) is 4.39 Å². The largest absolute Gasteiger partial charge is 0.481 e. The quantitative estimate of drug-likeness (QED) is 0.783. The molecule has 1 heterocycles. The molecule has 0 spiro atoms. The molecule has 2 aromatic carbocycles. The van der Waals surface area contributed by atoms with Crippen molar-refractivity contribution in [2.45, 2.75) is 44.4 Å². The van der Waals surface area contributed by atoms with Crippen molar-refractivity contribution in [2.75, 3.05) is 13.1 Å². The zero-order chi connectivity index (χ0) is 19.1. The molecular formula is C21H23Cl2FN2O. The number of hydrogen-bond acceptors (Lipinski definition) is 3. The van der Waals surface area contributed by atoms with Crippen LogP contribution in [0.3, 0.4) is 0 Å². The highest BCUT2D eigenvalue weighted by molar-refractivity contribution is 6.35. The minimum atomic E-state index is -0.365. The van der Waals surface area contributed by atoms with Gasteiger partial charge in [0.05, 0.1) is 6.04 Å². The lowest BCUT2D eigenvalue weighted by Crippen LogP contribution is -2.49. The van der Waals surface area contributed by atoms with Crippen LogP contribution in [-0.2, 0) is 6.42 Å². The number of fused-ring (bicyclic) bond motifs is 1. The summed E-state index contributed by atoms with van der Waals surface area (Å²) < 4.78 is 20.6. The SMILES string of the molecule is Cc1ccc(F)c(O[C@H]2c3cc(Cl)cc(Cl)c3C[C@@H]2N2CCC[C@@H](N)C2)c1. The van der Waals surface area contributed by atoms with E-state index in [-0.39, 0.29) is 29.8 Å². The molecule has 0 unspecified atom stereocenters. The van der Waals surface area contributed by atoms with Gasteiger partial charge < -0.3 is 10.5 Å². The second-order valence-corrected chi connectivity index (χ2v) is 8.44. The lowest BCUT2D eigenvalue weighted by Gasteiger charge is -2.38. The Labute approximate surface area is 169 Å². The van der Waals surface area contributed by atoms with E-state index in [4.69, 9.17) is 33.7 Å². The molecular weight excluding hydrogens is 386 g/mol. The number of piperidine rings is 1. The molecule has 0 saturated carbocycles. The number of likely N-dealkylation sites (tertiary alicyclic amines) is 1. The summed E-state index contributed by atoms with van der Waals surface area (Å²) in [5.41, 5.74) is 9.13. The summed E-state index contributed by atoms with van der Waals surface area (Å²) in [7, 11) is 0. The molecule has 3 nitrogen and oxygen atoms in total. The smallest absolute Gasteiger partial charge is 0.165 e. The number of nitrogens with two attached hydrogens (primary N) is 1. The van der Waals surface area contributed by atoms with Gasteiger partial charge in [0.1, 0.15) is 6.10 Å². The maximum Gasteiger partial charge on any atom is 0.165 e. The Kier molecular flexibility index (Phi) is 5.34. The molecule has 0 radical (unpaired) electrons. The average molecular weight is 409 g/mol. The van der Waals surface area contributed by atoms with Crippen molar-refractivity contribution in [1.82, 2.24) is 4.90 Å². The van der Waals surface area contributed by atoms with Crippen molar-refractivity contribution in [3.8, 4) is 5.75 Å². The third-order valence-corrected chi connectivity index (χ3v) is 6.12. The zero-order valence-electron chi connectivity index (χ0n) is 15.2. The van der Waals surface area contributed by atoms with E-state index in [1.807, 2.05) is 13.0 Å². The number of ether oxygens (including phenoxy) is 1. The van der Waals surface area contributed by atoms with Gasteiger partial charge in [-0.3, -0.25) is 4.90 Å². The topological polar surface area (TPSA) is 38.5 Å². The van der Waals surface area contributed by atoms with Crippen LogP contribution in [-0.4, -0.2) is 30.1 Å². The van der Waals surface area contributed by atoms with Crippen LogP contribution < -0.4 is 10.5 Å². The molecule has 1 saturated heterocycles. The second kappa shape index (κ2) is 7.59. The van der Waals surface area contributed by atoms with Crippen LogP contribution in [0.15, 0.2) is 30.3 Å². The van der Waals surface area contributed by atoms with Crippen molar-refractivity contribution in [2.24, 2.45) is 5.73 Å². The monoisotopic (exact) mass is 408 g/mol. The summed E-state index contributed by atoms with van der Waals surface area (Å²) in [5.74, 6) is -0.105. The number of nitrogens with zero attached hydrogens (tertiary/aromatic N) is 1. The summed E-state index contributed by atoms with van der Waals surface area (Å²) in [6.45, 7) is 3.68. The minimum Gasteiger partial charge on any atom is -0.481 e. The van der Waals surface area contributed by atoms with Gasteiger partial charge in [-0.2, -0.15) is 0 Å². The minimum absolute atomic E-state index is 0.0576. The number of halogens is 3. The van der Waals surface area contributed by atoms with E-state index in [0.29, 0.717) is 10.0 Å². The Morgan fingerprint density at radius 1 is 1.22 bits per heavy atom. The van der Waals surface area contributed by atoms with Gasteiger partial charge in [-0.1, -0.05) is 29.3 Å². The van der Waals surface area contributed by atoms with Crippen LogP contribution in [0, 0.1) is 12.7 Å². The lowest BCUT2D eigenvalue weighted by atomic mass is 10.0. The van der Waals surface area contributed by atoms with E-state index < -0.39 is 0 Å². The van der Waals surface area contributed by atoms with Crippen LogP contribution in [0.5, 0.6) is 5.75 Å². The Bertz CT molecular complexity index is 860. The molecule has 3 atom stereocenters. The number of hydrogen-bond donors (Lipinski definition) is 1. The number of aryl methyl sites for hydroxylation is 1. The Morgan fingerprint density at radius 3 is 2.81 bits per heavy atom. The fourth-order valence-corrected chi connectivity index (χ4v) is 4.84. The van der Waals surface area contributed by atoms with Crippen LogP contribution in [0.2, 0.25) is 10.0 Å². The van der Waals surface area contributed by atoms with Crippen molar-refractivity contribution < 1.29 is 9.13 Å². The van der Waals surface area contributed by atoms with Crippen molar-refractivity contribution in [3.63, 3.8) is 0 Å². The predicted octanol–water partition coefficient (Wildman–Crippen LogP) is 4.91. The first-order valence-corrected chi connectivity index (χ1v) is 10.1. The van der Waals surface area contributed by atoms with Gasteiger partial charge in [0, 0.05) is 28.2 Å². The number of rotatable bonds is 3. The van der Waals surface area contributed by atoms with Crippen molar-refractivity contribution >= 4 is 23.2 Å². The second-order valence-electron chi connectivity index (χ2n) is 7.60. The third kappa shape index (κ3) is 3.81. The van der Waals surface area contributed by atoms with Crippen LogP contribution in [0.25, 0.3) is 0 Å². The summed E-state index contributed by atoms with van der Waals surface area (Å²) in [5, 5.41) is 1.20. The van der Waals surface area contributed by atoms with Crippen molar-refractivity contribution in [3.05, 3.63) is 62.9 Å². The third-order valence-electron chi connectivity index (χ3n) is 5.56. The summed E-state index contributed by atoms with van der Waals surface area (Å²) in [6.07, 6.45) is 2.49. The fraction of sp³-hybridized carbons (Fsp3) is 0.429. The van der Waals surface area contributed by atoms with Crippen molar-refractivity contribution in [1.29, 1.82) is 0 Å². The molecule has 2 aromatic rings. The summed E-state index contributed by atoms with van der Waals surface area (Å²) in [6, 6.07) is 8.77. The molecule has 6 heteroatoms. The maximum absolute atomic E-state index is 14.4. The molecule has 144 valence electrons. The zero-order valence-corrected chi connectivity index (χ0v) is 16.7.